The van der Waals surface area contributed by atoms with Crippen LogP contribution in [0, 0.1) is 0 Å². The van der Waals surface area contributed by atoms with Crippen LogP contribution in [0.15, 0.2) is 40.1 Å². The molecule has 1 N–H and O–H groups in total. The van der Waals surface area contributed by atoms with E-state index in [1.165, 1.54) is 11.3 Å². The summed E-state index contributed by atoms with van der Waals surface area (Å²) in [6.07, 6.45) is 2.83. The van der Waals surface area contributed by atoms with E-state index in [-0.39, 0.29) is 11.9 Å². The highest BCUT2D eigenvalue weighted by Gasteiger charge is 2.17. The first-order valence-electron chi connectivity index (χ1n) is 7.10. The van der Waals surface area contributed by atoms with Crippen LogP contribution in [0.25, 0.3) is 0 Å². The standard InChI is InChI=1S/C16H21N3OS2/c1-19(2)10-9-13(12-7-5-4-6-8-12)17-15(20)14-11-22-16(18-14)21-3/h4-8,11,13H,9-10H2,1-3H3,(H,17,20)/t13-/m1/s1. The molecule has 0 aliphatic rings. The first-order chi connectivity index (χ1) is 10.6. The van der Waals surface area contributed by atoms with Crippen LogP contribution >= 0.6 is 23.1 Å². The lowest BCUT2D eigenvalue weighted by Crippen LogP contribution is -2.31. The maximum atomic E-state index is 12.4. The van der Waals surface area contributed by atoms with Gasteiger partial charge in [-0.15, -0.1) is 11.3 Å². The van der Waals surface area contributed by atoms with Crippen molar-refractivity contribution in [3.63, 3.8) is 0 Å². The van der Waals surface area contributed by atoms with Crippen molar-refractivity contribution in [3.05, 3.63) is 47.0 Å². The second-order valence-electron chi connectivity index (χ2n) is 5.23. The van der Waals surface area contributed by atoms with Crippen LogP contribution in [0.4, 0.5) is 0 Å². The Morgan fingerprint density at radius 1 is 1.36 bits per heavy atom. The van der Waals surface area contributed by atoms with Crippen LogP contribution in [0.3, 0.4) is 0 Å². The van der Waals surface area contributed by atoms with Crippen molar-refractivity contribution in [2.45, 2.75) is 16.8 Å². The Kier molecular flexibility index (Phi) is 6.42. The van der Waals surface area contributed by atoms with Gasteiger partial charge in [-0.2, -0.15) is 0 Å². The van der Waals surface area contributed by atoms with Crippen LogP contribution < -0.4 is 5.32 Å². The topological polar surface area (TPSA) is 45.2 Å². The molecule has 0 saturated heterocycles. The molecule has 0 aliphatic heterocycles. The number of rotatable bonds is 7. The van der Waals surface area contributed by atoms with Gasteiger partial charge in [0.2, 0.25) is 0 Å². The van der Waals surface area contributed by atoms with E-state index < -0.39 is 0 Å². The quantitative estimate of drug-likeness (QED) is 0.789. The Hall–Kier alpha value is -1.37. The Morgan fingerprint density at radius 3 is 2.68 bits per heavy atom. The molecule has 0 unspecified atom stereocenters. The number of carbonyl (C=O) groups is 1. The summed E-state index contributed by atoms with van der Waals surface area (Å²) in [6.45, 7) is 0.910. The molecule has 2 rings (SSSR count). The lowest BCUT2D eigenvalue weighted by Gasteiger charge is -2.20. The number of thiazole rings is 1. The van der Waals surface area contributed by atoms with Gasteiger partial charge in [-0.05, 0) is 38.9 Å². The molecular formula is C16H21N3OS2. The molecule has 0 spiro atoms. The van der Waals surface area contributed by atoms with E-state index in [0.717, 1.165) is 22.9 Å². The van der Waals surface area contributed by atoms with Crippen LogP contribution in [0.1, 0.15) is 28.5 Å². The molecule has 4 nitrogen and oxygen atoms in total. The van der Waals surface area contributed by atoms with Crippen molar-refractivity contribution < 1.29 is 4.79 Å². The largest absolute Gasteiger partial charge is 0.344 e. The zero-order valence-electron chi connectivity index (χ0n) is 13.1. The van der Waals surface area contributed by atoms with Crippen LogP contribution in [0.5, 0.6) is 0 Å². The molecule has 0 aliphatic carbocycles. The summed E-state index contributed by atoms with van der Waals surface area (Å²) < 4.78 is 0.912. The molecule has 0 bridgehead atoms. The number of hydrogen-bond donors (Lipinski definition) is 1. The fourth-order valence-electron chi connectivity index (χ4n) is 2.08. The molecule has 0 fully saturated rings. The predicted molar refractivity (Wildman–Crippen MR) is 93.7 cm³/mol. The molecule has 118 valence electrons. The number of carbonyl (C=O) groups excluding carboxylic acids is 1. The van der Waals surface area contributed by atoms with Crippen molar-refractivity contribution >= 4 is 29.0 Å². The lowest BCUT2D eigenvalue weighted by molar-refractivity contribution is 0.0928. The van der Waals surface area contributed by atoms with Crippen molar-refractivity contribution in [1.82, 2.24) is 15.2 Å². The van der Waals surface area contributed by atoms with E-state index in [9.17, 15) is 4.79 Å². The van der Waals surface area contributed by atoms with Gasteiger partial charge in [0.15, 0.2) is 0 Å². The maximum Gasteiger partial charge on any atom is 0.271 e. The number of nitrogens with zero attached hydrogens (tertiary/aromatic N) is 2. The van der Waals surface area contributed by atoms with Crippen LogP contribution in [-0.4, -0.2) is 42.7 Å². The van der Waals surface area contributed by atoms with Gasteiger partial charge in [0.05, 0.1) is 6.04 Å². The van der Waals surface area contributed by atoms with Crippen molar-refractivity contribution in [2.75, 3.05) is 26.9 Å². The minimum absolute atomic E-state index is 0.00414. The number of thioether (sulfide) groups is 1. The molecular weight excluding hydrogens is 314 g/mol. The first-order valence-corrected chi connectivity index (χ1v) is 9.20. The summed E-state index contributed by atoms with van der Waals surface area (Å²) in [5.74, 6) is -0.107. The first kappa shape index (κ1) is 17.0. The number of benzene rings is 1. The van der Waals surface area contributed by atoms with Gasteiger partial charge in [-0.1, -0.05) is 42.1 Å². The number of aromatic nitrogens is 1. The molecule has 1 heterocycles. The second kappa shape index (κ2) is 8.31. The minimum Gasteiger partial charge on any atom is -0.344 e. The summed E-state index contributed by atoms with van der Waals surface area (Å²) in [4.78, 5) is 18.9. The van der Waals surface area contributed by atoms with E-state index >= 15 is 0 Å². The summed E-state index contributed by atoms with van der Waals surface area (Å²) in [5, 5.41) is 4.93. The monoisotopic (exact) mass is 335 g/mol. The number of hydrogen-bond acceptors (Lipinski definition) is 5. The molecule has 0 saturated carbocycles. The van der Waals surface area contributed by atoms with Crippen molar-refractivity contribution in [1.29, 1.82) is 0 Å². The molecule has 6 heteroatoms. The van der Waals surface area contributed by atoms with Crippen LogP contribution in [0.2, 0.25) is 0 Å². The molecule has 22 heavy (non-hydrogen) atoms. The fourth-order valence-corrected chi connectivity index (χ4v) is 3.32. The SMILES string of the molecule is CSc1nc(C(=O)N[C@H](CCN(C)C)c2ccccc2)cs1. The Bertz CT molecular complexity index is 598. The Morgan fingerprint density at radius 2 is 2.09 bits per heavy atom. The Labute approximate surface area is 139 Å². The third kappa shape index (κ3) is 4.83. The van der Waals surface area contributed by atoms with Gasteiger partial charge >= 0.3 is 0 Å². The lowest BCUT2D eigenvalue weighted by atomic mass is 10.0. The van der Waals surface area contributed by atoms with Crippen LogP contribution in [-0.2, 0) is 0 Å². The van der Waals surface area contributed by atoms with Gasteiger partial charge in [0, 0.05) is 5.38 Å². The average molecular weight is 335 g/mol. The highest BCUT2D eigenvalue weighted by atomic mass is 32.2. The fraction of sp³-hybridized carbons (Fsp3) is 0.375. The highest BCUT2D eigenvalue weighted by molar-refractivity contribution is 8.00. The van der Waals surface area contributed by atoms with Gasteiger partial charge in [0.1, 0.15) is 10.0 Å². The minimum atomic E-state index is -0.107. The van der Waals surface area contributed by atoms with E-state index in [1.54, 1.807) is 11.8 Å². The summed E-state index contributed by atoms with van der Waals surface area (Å²) >= 11 is 3.06. The van der Waals surface area contributed by atoms with Gasteiger partial charge in [0.25, 0.3) is 5.91 Å². The maximum absolute atomic E-state index is 12.4. The smallest absolute Gasteiger partial charge is 0.271 e. The average Bonchev–Trinajstić information content (AvgIpc) is 3.01. The summed E-state index contributed by atoms with van der Waals surface area (Å²) in [7, 11) is 4.07. The van der Waals surface area contributed by atoms with E-state index in [1.807, 2.05) is 43.9 Å². The highest BCUT2D eigenvalue weighted by Crippen LogP contribution is 2.21. The zero-order valence-corrected chi connectivity index (χ0v) is 14.7. The normalized spacial score (nSPS) is 12.4. The third-order valence-electron chi connectivity index (χ3n) is 3.26. The molecule has 1 atom stereocenters. The number of amides is 1. The molecule has 0 radical (unpaired) electrons. The zero-order chi connectivity index (χ0) is 15.9. The van der Waals surface area contributed by atoms with Crippen molar-refractivity contribution in [2.24, 2.45) is 0 Å². The molecule has 2 aromatic rings. The summed E-state index contributed by atoms with van der Waals surface area (Å²) in [5.41, 5.74) is 1.62. The molecule has 1 amide bonds. The number of nitrogens with one attached hydrogen (secondary N) is 1. The molecule has 1 aromatic carbocycles. The van der Waals surface area contributed by atoms with Gasteiger partial charge < -0.3 is 10.2 Å². The third-order valence-corrected chi connectivity index (χ3v) is 5.13. The van der Waals surface area contributed by atoms with Gasteiger partial charge in [-0.3, -0.25) is 4.79 Å². The molecule has 1 aromatic heterocycles. The van der Waals surface area contributed by atoms with E-state index in [0.29, 0.717) is 5.69 Å². The van der Waals surface area contributed by atoms with Gasteiger partial charge in [-0.25, -0.2) is 4.98 Å². The van der Waals surface area contributed by atoms with E-state index in [2.05, 4.69) is 27.3 Å². The summed E-state index contributed by atoms with van der Waals surface area (Å²) in [6, 6.07) is 10.1. The van der Waals surface area contributed by atoms with Crippen molar-refractivity contribution in [3.8, 4) is 0 Å². The second-order valence-corrected chi connectivity index (χ2v) is 7.14. The Balaban J connectivity index is 2.09. The predicted octanol–water partition coefficient (Wildman–Crippen LogP) is 3.29. The van der Waals surface area contributed by atoms with E-state index in [4.69, 9.17) is 0 Å².